The summed E-state index contributed by atoms with van der Waals surface area (Å²) < 4.78 is 27.1. The van der Waals surface area contributed by atoms with Crippen molar-refractivity contribution in [1.82, 2.24) is 4.98 Å². The Kier molecular flexibility index (Phi) is 4.07. The molecule has 0 radical (unpaired) electrons. The highest BCUT2D eigenvalue weighted by atomic mass is 32.1. The average Bonchev–Trinajstić information content (AvgIpc) is 2.66. The summed E-state index contributed by atoms with van der Waals surface area (Å²) in [6.07, 6.45) is 1.45. The number of thiazole rings is 1. The summed E-state index contributed by atoms with van der Waals surface area (Å²) in [5.74, 6) is 0. The molecule has 1 rings (SSSR count). The van der Waals surface area contributed by atoms with Gasteiger partial charge >= 0.3 is 7.60 Å². The molecule has 0 bridgehead atoms. The Balaban J connectivity index is 2.90. The fourth-order valence-corrected chi connectivity index (χ4v) is 3.22. The van der Waals surface area contributed by atoms with Crippen LogP contribution in [-0.4, -0.2) is 25.8 Å². The summed E-state index contributed by atoms with van der Waals surface area (Å²) >= 11 is 1.17. The number of hydrogen-bond donors (Lipinski definition) is 0. The van der Waals surface area contributed by atoms with E-state index in [-0.39, 0.29) is 0 Å². The Hall–Kier alpha value is -0.420. The second-order valence-corrected chi connectivity index (χ2v) is 5.76. The van der Waals surface area contributed by atoms with E-state index in [1.54, 1.807) is 0 Å². The summed E-state index contributed by atoms with van der Waals surface area (Å²) in [5.41, 5.74) is 0. The molecular weight excluding hydrogens is 225 g/mol. The van der Waals surface area contributed by atoms with Crippen molar-refractivity contribution in [1.29, 1.82) is 0 Å². The van der Waals surface area contributed by atoms with Gasteiger partial charge in [-0.25, -0.2) is 4.98 Å². The normalized spacial score (nSPS) is 11.6. The van der Waals surface area contributed by atoms with E-state index < -0.39 is 7.60 Å². The molecule has 1 aromatic heterocycles. The van der Waals surface area contributed by atoms with E-state index in [0.717, 1.165) is 0 Å². The summed E-state index contributed by atoms with van der Waals surface area (Å²) in [7, 11) is -0.485. The predicted molar refractivity (Wildman–Crippen MR) is 54.5 cm³/mol. The van der Waals surface area contributed by atoms with Crippen LogP contribution in [-0.2, 0) is 13.6 Å². The lowest BCUT2D eigenvalue weighted by atomic mass is 10.9. The molecule has 1 aromatic rings. The van der Waals surface area contributed by atoms with Crippen molar-refractivity contribution in [2.24, 2.45) is 0 Å². The molecule has 0 aliphatic carbocycles. The zero-order chi connectivity index (χ0) is 10.6. The minimum absolute atomic E-state index is 0.450. The second-order valence-electron chi connectivity index (χ2n) is 2.26. The van der Waals surface area contributed by atoms with Gasteiger partial charge in [0.1, 0.15) is 4.62 Å². The predicted octanol–water partition coefficient (Wildman–Crippen LogP) is 1.65. The topological polar surface area (TPSA) is 57.7 Å². The van der Waals surface area contributed by atoms with E-state index in [9.17, 15) is 4.57 Å². The maximum Gasteiger partial charge on any atom is 0.372 e. The SMILES string of the molecule is CCOc1ncc(P(=O)(OC)OC)s1. The van der Waals surface area contributed by atoms with E-state index >= 15 is 0 Å². The Morgan fingerprint density at radius 1 is 1.50 bits per heavy atom. The van der Waals surface area contributed by atoms with Crippen LogP contribution >= 0.6 is 18.9 Å². The van der Waals surface area contributed by atoms with Gasteiger partial charge in [-0.05, 0) is 6.92 Å². The highest BCUT2D eigenvalue weighted by Crippen LogP contribution is 2.47. The number of nitrogens with zero attached hydrogens (tertiary/aromatic N) is 1. The van der Waals surface area contributed by atoms with Crippen LogP contribution in [0.4, 0.5) is 0 Å². The van der Waals surface area contributed by atoms with E-state index in [4.69, 9.17) is 13.8 Å². The summed E-state index contributed by atoms with van der Waals surface area (Å²) in [6.45, 7) is 2.38. The maximum absolute atomic E-state index is 11.8. The van der Waals surface area contributed by atoms with E-state index in [0.29, 0.717) is 16.4 Å². The van der Waals surface area contributed by atoms with Gasteiger partial charge in [0.2, 0.25) is 0 Å². The first kappa shape index (κ1) is 11.7. The standard InChI is InChI=1S/C7H12NO4PS/c1-4-12-7-8-5-6(14-7)13(9,10-2)11-3/h5H,4H2,1-3H3. The smallest absolute Gasteiger partial charge is 0.372 e. The van der Waals surface area contributed by atoms with Crippen LogP contribution < -0.4 is 9.36 Å². The lowest BCUT2D eigenvalue weighted by Gasteiger charge is -2.09. The molecule has 14 heavy (non-hydrogen) atoms. The first-order valence-corrected chi connectivity index (χ1v) is 6.33. The van der Waals surface area contributed by atoms with Crippen LogP contribution in [0.5, 0.6) is 5.19 Å². The van der Waals surface area contributed by atoms with Crippen molar-refractivity contribution in [3.05, 3.63) is 6.20 Å². The molecule has 1 heterocycles. The minimum Gasteiger partial charge on any atom is -0.470 e. The molecule has 0 aliphatic heterocycles. The Labute approximate surface area is 86.6 Å². The van der Waals surface area contributed by atoms with Crippen molar-refractivity contribution < 1.29 is 18.3 Å². The summed E-state index contributed by atoms with van der Waals surface area (Å²) in [5, 5.41) is 0.469. The second kappa shape index (κ2) is 4.89. The van der Waals surface area contributed by atoms with E-state index in [1.807, 2.05) is 6.92 Å². The maximum atomic E-state index is 11.8. The van der Waals surface area contributed by atoms with Gasteiger partial charge in [-0.2, -0.15) is 0 Å². The zero-order valence-electron chi connectivity index (χ0n) is 8.22. The van der Waals surface area contributed by atoms with Crippen molar-refractivity contribution in [3.8, 4) is 5.19 Å². The largest absolute Gasteiger partial charge is 0.470 e. The van der Waals surface area contributed by atoms with Crippen molar-refractivity contribution in [2.75, 3.05) is 20.8 Å². The molecular formula is C7H12NO4PS. The van der Waals surface area contributed by atoms with Gasteiger partial charge < -0.3 is 13.8 Å². The fourth-order valence-electron chi connectivity index (χ4n) is 0.821. The molecule has 0 fully saturated rings. The first-order valence-electron chi connectivity index (χ1n) is 3.97. The van der Waals surface area contributed by atoms with Crippen molar-refractivity contribution in [3.63, 3.8) is 0 Å². The lowest BCUT2D eigenvalue weighted by molar-refractivity contribution is 0.288. The molecule has 80 valence electrons. The van der Waals surface area contributed by atoms with Gasteiger partial charge in [0.05, 0.1) is 12.8 Å². The number of aromatic nitrogens is 1. The molecule has 0 amide bonds. The van der Waals surface area contributed by atoms with Gasteiger partial charge in [0, 0.05) is 14.2 Å². The van der Waals surface area contributed by atoms with Crippen LogP contribution in [0, 0.1) is 0 Å². The third kappa shape index (κ3) is 2.33. The van der Waals surface area contributed by atoms with Crippen molar-refractivity contribution >= 4 is 23.6 Å². The highest BCUT2D eigenvalue weighted by Gasteiger charge is 2.27. The minimum atomic E-state index is -3.16. The molecule has 0 unspecified atom stereocenters. The van der Waals surface area contributed by atoms with Crippen LogP contribution in [0.1, 0.15) is 6.92 Å². The Morgan fingerprint density at radius 2 is 2.14 bits per heavy atom. The van der Waals surface area contributed by atoms with Crippen LogP contribution in [0.2, 0.25) is 0 Å². The lowest BCUT2D eigenvalue weighted by Crippen LogP contribution is -2.02. The van der Waals surface area contributed by atoms with Gasteiger partial charge in [0.15, 0.2) is 0 Å². The quantitative estimate of drug-likeness (QED) is 0.729. The highest BCUT2D eigenvalue weighted by molar-refractivity contribution is 7.68. The molecule has 0 saturated carbocycles. The van der Waals surface area contributed by atoms with Crippen molar-refractivity contribution in [2.45, 2.75) is 6.92 Å². The molecule has 5 nitrogen and oxygen atoms in total. The number of rotatable bonds is 5. The third-order valence-electron chi connectivity index (χ3n) is 1.49. The Bertz CT molecular complexity index is 332. The van der Waals surface area contributed by atoms with Gasteiger partial charge in [-0.1, -0.05) is 11.3 Å². The molecule has 0 aliphatic rings. The fraction of sp³-hybridized carbons (Fsp3) is 0.571. The van der Waals surface area contributed by atoms with E-state index in [1.165, 1.54) is 31.8 Å². The molecule has 7 heteroatoms. The molecule has 0 saturated heterocycles. The number of ether oxygens (including phenoxy) is 1. The first-order chi connectivity index (χ1) is 6.66. The van der Waals surface area contributed by atoms with Gasteiger partial charge in [0.25, 0.3) is 5.19 Å². The zero-order valence-corrected chi connectivity index (χ0v) is 9.93. The van der Waals surface area contributed by atoms with Crippen LogP contribution in [0.3, 0.4) is 0 Å². The van der Waals surface area contributed by atoms with Crippen LogP contribution in [0.25, 0.3) is 0 Å². The number of hydrogen-bond acceptors (Lipinski definition) is 6. The molecule has 0 aromatic carbocycles. The Morgan fingerprint density at radius 3 is 2.64 bits per heavy atom. The summed E-state index contributed by atoms with van der Waals surface area (Å²) in [6, 6.07) is 0. The molecule has 0 spiro atoms. The van der Waals surface area contributed by atoms with Crippen LogP contribution in [0.15, 0.2) is 6.20 Å². The molecule has 0 atom stereocenters. The van der Waals surface area contributed by atoms with E-state index in [2.05, 4.69) is 4.98 Å². The van der Waals surface area contributed by atoms with Gasteiger partial charge in [-0.3, -0.25) is 4.57 Å². The third-order valence-corrected chi connectivity index (χ3v) is 4.76. The summed E-state index contributed by atoms with van der Waals surface area (Å²) in [4.78, 5) is 3.93. The average molecular weight is 237 g/mol. The molecule has 0 N–H and O–H groups in total. The monoisotopic (exact) mass is 237 g/mol. The van der Waals surface area contributed by atoms with Gasteiger partial charge in [-0.15, -0.1) is 0 Å².